The number of ether oxygens (including phenoxy) is 1. The Kier molecular flexibility index (Phi) is 7.65. The van der Waals surface area contributed by atoms with Gasteiger partial charge in [-0.2, -0.15) is 4.31 Å². The number of hydrogen-bond donors (Lipinski definition) is 1. The summed E-state index contributed by atoms with van der Waals surface area (Å²) in [5.74, 6) is 0.594. The standard InChI is InChI=1S/C15H26N2O5S2/c1-5-13(3)17(23(4,18)19)12-11-16-24(20,21)15-9-7-14(8-10-15)22-6-2/h7-10,13,16H,5-6,11-12H2,1-4H3. The van der Waals surface area contributed by atoms with E-state index in [-0.39, 0.29) is 24.0 Å². The lowest BCUT2D eigenvalue weighted by atomic mass is 10.2. The van der Waals surface area contributed by atoms with Gasteiger partial charge in [0.15, 0.2) is 0 Å². The van der Waals surface area contributed by atoms with Gasteiger partial charge in [0.25, 0.3) is 0 Å². The molecule has 0 saturated heterocycles. The zero-order valence-corrected chi connectivity index (χ0v) is 16.2. The predicted octanol–water partition coefficient (Wildman–Crippen LogP) is 1.42. The molecule has 7 nitrogen and oxygen atoms in total. The molecule has 0 radical (unpaired) electrons. The molecule has 1 N–H and O–H groups in total. The van der Waals surface area contributed by atoms with Crippen LogP contribution in [0.5, 0.6) is 5.75 Å². The Morgan fingerprint density at radius 1 is 1.12 bits per heavy atom. The molecular formula is C15H26N2O5S2. The van der Waals surface area contributed by atoms with Crippen molar-refractivity contribution in [3.8, 4) is 5.75 Å². The second-order valence-electron chi connectivity index (χ2n) is 5.43. The summed E-state index contributed by atoms with van der Waals surface area (Å²) < 4.78 is 57.1. The fraction of sp³-hybridized carbons (Fsp3) is 0.600. The summed E-state index contributed by atoms with van der Waals surface area (Å²) in [4.78, 5) is 0.111. The molecule has 24 heavy (non-hydrogen) atoms. The lowest BCUT2D eigenvalue weighted by Crippen LogP contribution is -2.42. The van der Waals surface area contributed by atoms with Gasteiger partial charge in [0, 0.05) is 19.1 Å². The van der Waals surface area contributed by atoms with E-state index < -0.39 is 20.0 Å². The summed E-state index contributed by atoms with van der Waals surface area (Å²) >= 11 is 0. The number of nitrogens with one attached hydrogen (secondary N) is 1. The molecule has 0 aliphatic carbocycles. The highest BCUT2D eigenvalue weighted by molar-refractivity contribution is 7.89. The Balaban J connectivity index is 2.74. The van der Waals surface area contributed by atoms with Crippen LogP contribution in [0.3, 0.4) is 0 Å². The molecule has 138 valence electrons. The van der Waals surface area contributed by atoms with E-state index in [4.69, 9.17) is 4.74 Å². The van der Waals surface area contributed by atoms with Gasteiger partial charge in [-0.15, -0.1) is 0 Å². The van der Waals surface area contributed by atoms with Gasteiger partial charge in [-0.3, -0.25) is 0 Å². The van der Waals surface area contributed by atoms with Gasteiger partial charge in [0.1, 0.15) is 5.75 Å². The largest absolute Gasteiger partial charge is 0.494 e. The van der Waals surface area contributed by atoms with Gasteiger partial charge < -0.3 is 4.74 Å². The predicted molar refractivity (Wildman–Crippen MR) is 94.1 cm³/mol. The van der Waals surface area contributed by atoms with E-state index in [0.717, 1.165) is 6.26 Å². The van der Waals surface area contributed by atoms with Gasteiger partial charge in [-0.25, -0.2) is 21.6 Å². The minimum atomic E-state index is -3.69. The second-order valence-corrected chi connectivity index (χ2v) is 9.14. The highest BCUT2D eigenvalue weighted by atomic mass is 32.2. The Morgan fingerprint density at radius 3 is 2.17 bits per heavy atom. The molecule has 0 amide bonds. The van der Waals surface area contributed by atoms with E-state index in [1.807, 2.05) is 13.8 Å². The van der Waals surface area contributed by atoms with Crippen molar-refractivity contribution in [2.45, 2.75) is 38.1 Å². The first kappa shape index (κ1) is 20.9. The van der Waals surface area contributed by atoms with Crippen molar-refractivity contribution in [2.75, 3.05) is 26.0 Å². The van der Waals surface area contributed by atoms with Crippen LogP contribution in [0.1, 0.15) is 27.2 Å². The molecule has 0 aliphatic heterocycles. The monoisotopic (exact) mass is 378 g/mol. The van der Waals surface area contributed by atoms with Crippen molar-refractivity contribution in [2.24, 2.45) is 0 Å². The molecule has 1 aromatic rings. The smallest absolute Gasteiger partial charge is 0.240 e. The van der Waals surface area contributed by atoms with Crippen LogP contribution in [0.2, 0.25) is 0 Å². The third kappa shape index (κ3) is 6.04. The van der Waals surface area contributed by atoms with Crippen LogP contribution in [-0.2, 0) is 20.0 Å². The summed E-state index contributed by atoms with van der Waals surface area (Å²) in [5.41, 5.74) is 0. The van der Waals surface area contributed by atoms with Gasteiger partial charge in [0.05, 0.1) is 17.8 Å². The van der Waals surface area contributed by atoms with Crippen molar-refractivity contribution in [1.82, 2.24) is 9.03 Å². The Bertz CT molecular complexity index is 715. The molecule has 1 atom stereocenters. The summed E-state index contributed by atoms with van der Waals surface area (Å²) in [6, 6.07) is 5.89. The molecule has 1 aromatic carbocycles. The molecule has 0 saturated carbocycles. The molecule has 0 spiro atoms. The number of nitrogens with zero attached hydrogens (tertiary/aromatic N) is 1. The Hall–Kier alpha value is -1.16. The Morgan fingerprint density at radius 2 is 1.71 bits per heavy atom. The fourth-order valence-corrected chi connectivity index (χ4v) is 4.42. The first-order valence-electron chi connectivity index (χ1n) is 7.81. The van der Waals surface area contributed by atoms with Crippen LogP contribution >= 0.6 is 0 Å². The third-order valence-electron chi connectivity index (χ3n) is 3.58. The number of benzene rings is 1. The molecule has 0 fully saturated rings. The van der Waals surface area contributed by atoms with Crippen molar-refractivity contribution in [3.05, 3.63) is 24.3 Å². The average Bonchev–Trinajstić information content (AvgIpc) is 2.50. The van der Waals surface area contributed by atoms with Gasteiger partial charge in [-0.05, 0) is 44.5 Å². The van der Waals surface area contributed by atoms with Crippen LogP contribution in [-0.4, -0.2) is 53.1 Å². The maximum Gasteiger partial charge on any atom is 0.240 e. The van der Waals surface area contributed by atoms with E-state index in [9.17, 15) is 16.8 Å². The maximum atomic E-state index is 12.3. The molecular weight excluding hydrogens is 352 g/mol. The minimum Gasteiger partial charge on any atom is -0.494 e. The molecule has 0 aliphatic rings. The van der Waals surface area contributed by atoms with Gasteiger partial charge >= 0.3 is 0 Å². The molecule has 9 heteroatoms. The summed E-state index contributed by atoms with van der Waals surface area (Å²) in [5, 5.41) is 0. The SMILES string of the molecule is CCOc1ccc(S(=O)(=O)NCCN(C(C)CC)S(C)(=O)=O)cc1. The summed E-state index contributed by atoms with van der Waals surface area (Å²) in [6.07, 6.45) is 1.78. The van der Waals surface area contributed by atoms with Gasteiger partial charge in [0.2, 0.25) is 20.0 Å². The topological polar surface area (TPSA) is 92.8 Å². The van der Waals surface area contributed by atoms with Crippen molar-refractivity contribution in [1.29, 1.82) is 0 Å². The Labute approximate surface area is 145 Å². The van der Waals surface area contributed by atoms with Crippen LogP contribution in [0.15, 0.2) is 29.2 Å². The summed E-state index contributed by atoms with van der Waals surface area (Å²) in [6.45, 7) is 6.12. The van der Waals surface area contributed by atoms with Crippen LogP contribution in [0.25, 0.3) is 0 Å². The molecule has 0 bridgehead atoms. The number of hydrogen-bond acceptors (Lipinski definition) is 5. The quantitative estimate of drug-likeness (QED) is 0.665. The van der Waals surface area contributed by atoms with Crippen molar-refractivity contribution < 1.29 is 21.6 Å². The van der Waals surface area contributed by atoms with E-state index in [1.165, 1.54) is 16.4 Å². The van der Waals surface area contributed by atoms with Crippen LogP contribution < -0.4 is 9.46 Å². The first-order chi connectivity index (χ1) is 11.1. The van der Waals surface area contributed by atoms with Crippen LogP contribution in [0, 0.1) is 0 Å². The van der Waals surface area contributed by atoms with E-state index in [2.05, 4.69) is 4.72 Å². The summed E-state index contributed by atoms with van der Waals surface area (Å²) in [7, 11) is -7.08. The highest BCUT2D eigenvalue weighted by Crippen LogP contribution is 2.16. The highest BCUT2D eigenvalue weighted by Gasteiger charge is 2.22. The molecule has 0 aromatic heterocycles. The van der Waals surface area contributed by atoms with Gasteiger partial charge in [-0.1, -0.05) is 6.92 Å². The first-order valence-corrected chi connectivity index (χ1v) is 11.1. The zero-order valence-electron chi connectivity index (χ0n) is 14.5. The molecule has 0 heterocycles. The lowest BCUT2D eigenvalue weighted by molar-refractivity contribution is 0.334. The second kappa shape index (κ2) is 8.80. The zero-order chi connectivity index (χ0) is 18.4. The number of sulfonamides is 2. The maximum absolute atomic E-state index is 12.3. The molecule has 1 rings (SSSR count). The fourth-order valence-electron chi connectivity index (χ4n) is 2.17. The van der Waals surface area contributed by atoms with Crippen molar-refractivity contribution >= 4 is 20.0 Å². The third-order valence-corrected chi connectivity index (χ3v) is 6.45. The number of rotatable bonds is 10. The molecule has 1 unspecified atom stereocenters. The van der Waals surface area contributed by atoms with Crippen LogP contribution in [0.4, 0.5) is 0 Å². The normalized spacial score (nSPS) is 13.9. The minimum absolute atomic E-state index is 0.00690. The van der Waals surface area contributed by atoms with E-state index >= 15 is 0 Å². The van der Waals surface area contributed by atoms with E-state index in [0.29, 0.717) is 18.8 Å². The lowest BCUT2D eigenvalue weighted by Gasteiger charge is -2.25. The average molecular weight is 379 g/mol. The van der Waals surface area contributed by atoms with E-state index in [1.54, 1.807) is 19.1 Å². The van der Waals surface area contributed by atoms with Crippen molar-refractivity contribution in [3.63, 3.8) is 0 Å².